The summed E-state index contributed by atoms with van der Waals surface area (Å²) in [7, 11) is 0. The number of furan rings is 1. The average molecular weight is 700 g/mol. The highest BCUT2D eigenvalue weighted by Gasteiger charge is 2.23. The Morgan fingerprint density at radius 1 is 0.491 bits per heavy atom. The van der Waals surface area contributed by atoms with Crippen LogP contribution in [0.4, 0.5) is 17.1 Å². The fraction of sp³-hybridized carbons (Fsp3) is 0.0800. The van der Waals surface area contributed by atoms with Crippen molar-refractivity contribution in [3.05, 3.63) is 175 Å². The molecule has 0 aliphatic rings. The Kier molecular flexibility index (Phi) is 7.28. The van der Waals surface area contributed by atoms with E-state index in [1.165, 1.54) is 58.8 Å². The molecule has 53 heavy (non-hydrogen) atoms. The maximum atomic E-state index is 6.48. The van der Waals surface area contributed by atoms with E-state index >= 15 is 0 Å². The van der Waals surface area contributed by atoms with Crippen molar-refractivity contribution in [2.75, 3.05) is 4.90 Å². The van der Waals surface area contributed by atoms with Crippen LogP contribution < -0.4 is 4.90 Å². The van der Waals surface area contributed by atoms with Crippen LogP contribution in [0.2, 0.25) is 0 Å². The Morgan fingerprint density at radius 3 is 1.92 bits per heavy atom. The van der Waals surface area contributed by atoms with Crippen LogP contribution in [0.25, 0.3) is 75.1 Å². The highest BCUT2D eigenvalue weighted by molar-refractivity contribution is 7.26. The summed E-state index contributed by atoms with van der Waals surface area (Å²) >= 11 is 1.88. The van der Waals surface area contributed by atoms with Gasteiger partial charge in [-0.3, -0.25) is 0 Å². The molecule has 2 heterocycles. The van der Waals surface area contributed by atoms with Crippen molar-refractivity contribution in [1.82, 2.24) is 0 Å². The van der Waals surface area contributed by atoms with Gasteiger partial charge in [-0.05, 0) is 75.3 Å². The normalized spacial score (nSPS) is 12.1. The van der Waals surface area contributed by atoms with Crippen molar-refractivity contribution < 1.29 is 4.42 Å². The third-order valence-corrected chi connectivity index (χ3v) is 11.9. The molecule has 0 aliphatic heterocycles. The van der Waals surface area contributed by atoms with Crippen LogP contribution in [0.1, 0.15) is 26.3 Å². The third kappa shape index (κ3) is 5.31. The SMILES string of the molecule is CC(C)(C)c1ccc(-c2ccc(N(c3ccc4c(c3)oc3ccccc34)c3ccc4ccccc4c3-c3cccc4c3sc3ccccc34)cc2)cc1. The highest BCUT2D eigenvalue weighted by Crippen LogP contribution is 2.49. The monoisotopic (exact) mass is 699 g/mol. The number of fused-ring (bicyclic) bond motifs is 7. The van der Waals surface area contributed by atoms with Gasteiger partial charge >= 0.3 is 0 Å². The average Bonchev–Trinajstić information content (AvgIpc) is 3.76. The van der Waals surface area contributed by atoms with Crippen LogP contribution in [0, 0.1) is 0 Å². The summed E-state index contributed by atoms with van der Waals surface area (Å²) in [5.41, 5.74) is 11.3. The van der Waals surface area contributed by atoms with E-state index in [1.807, 2.05) is 23.5 Å². The second kappa shape index (κ2) is 12.2. The molecule has 0 saturated carbocycles. The summed E-state index contributed by atoms with van der Waals surface area (Å²) < 4.78 is 9.08. The Morgan fingerprint density at radius 2 is 1.13 bits per heavy atom. The van der Waals surface area contributed by atoms with Crippen LogP contribution in [0.3, 0.4) is 0 Å². The fourth-order valence-corrected chi connectivity index (χ4v) is 9.14. The second-order valence-corrected chi connectivity index (χ2v) is 16.0. The first-order chi connectivity index (χ1) is 25.9. The number of para-hydroxylation sites is 1. The fourth-order valence-electron chi connectivity index (χ4n) is 7.92. The summed E-state index contributed by atoms with van der Waals surface area (Å²) in [6.07, 6.45) is 0. The molecule has 8 aromatic carbocycles. The van der Waals surface area contributed by atoms with Gasteiger partial charge in [0.15, 0.2) is 0 Å². The molecular weight excluding hydrogens is 663 g/mol. The van der Waals surface area contributed by atoms with Crippen molar-refractivity contribution in [3.63, 3.8) is 0 Å². The molecule has 0 N–H and O–H groups in total. The molecule has 0 amide bonds. The van der Waals surface area contributed by atoms with Crippen LogP contribution in [-0.4, -0.2) is 0 Å². The van der Waals surface area contributed by atoms with Crippen molar-refractivity contribution in [2.24, 2.45) is 0 Å². The number of nitrogens with zero attached hydrogens (tertiary/aromatic N) is 1. The lowest BCUT2D eigenvalue weighted by atomic mass is 9.86. The number of thiophene rings is 1. The quantitative estimate of drug-likeness (QED) is 0.178. The van der Waals surface area contributed by atoms with Gasteiger partial charge in [-0.25, -0.2) is 0 Å². The van der Waals surface area contributed by atoms with Gasteiger partial charge in [-0.1, -0.05) is 142 Å². The van der Waals surface area contributed by atoms with Gasteiger partial charge in [0, 0.05) is 59.5 Å². The van der Waals surface area contributed by atoms with Crippen molar-refractivity contribution in [3.8, 4) is 22.3 Å². The van der Waals surface area contributed by atoms with E-state index in [0.717, 1.165) is 39.0 Å². The predicted octanol–water partition coefficient (Wildman–Crippen LogP) is 15.2. The summed E-state index contributed by atoms with van der Waals surface area (Å²) in [6.45, 7) is 6.78. The van der Waals surface area contributed by atoms with E-state index in [4.69, 9.17) is 4.42 Å². The zero-order valence-corrected chi connectivity index (χ0v) is 30.7. The Bertz CT molecular complexity index is 2980. The van der Waals surface area contributed by atoms with E-state index < -0.39 is 0 Å². The molecule has 0 spiro atoms. The summed E-state index contributed by atoms with van der Waals surface area (Å²) in [6, 6.07) is 61.9. The van der Waals surface area contributed by atoms with Crippen molar-refractivity contribution in [2.45, 2.75) is 26.2 Å². The van der Waals surface area contributed by atoms with Gasteiger partial charge in [-0.2, -0.15) is 0 Å². The van der Waals surface area contributed by atoms with Crippen molar-refractivity contribution >= 4 is 81.3 Å². The summed E-state index contributed by atoms with van der Waals surface area (Å²) in [5, 5.41) is 7.28. The molecule has 10 aromatic rings. The topological polar surface area (TPSA) is 16.4 Å². The molecule has 2 nitrogen and oxygen atoms in total. The molecule has 0 unspecified atom stereocenters. The minimum Gasteiger partial charge on any atom is -0.456 e. The Labute approximate surface area is 313 Å². The van der Waals surface area contributed by atoms with Gasteiger partial charge in [0.25, 0.3) is 0 Å². The van der Waals surface area contributed by atoms with Crippen LogP contribution in [0.15, 0.2) is 174 Å². The van der Waals surface area contributed by atoms with Crippen LogP contribution >= 0.6 is 11.3 Å². The zero-order chi connectivity index (χ0) is 35.7. The number of hydrogen-bond acceptors (Lipinski definition) is 3. The molecule has 0 fully saturated rings. The van der Waals surface area contributed by atoms with E-state index in [9.17, 15) is 0 Å². The molecule has 10 rings (SSSR count). The number of anilines is 3. The first kappa shape index (κ1) is 31.6. The first-order valence-corrected chi connectivity index (χ1v) is 19.1. The standard InChI is InChI=1S/C50H37NOS/c1-50(2,3)35-24-19-32(20-25-35)33-21-26-36(27-22-33)51(37-28-29-40-39-13-6-8-17-45(39)52-46(40)31-37)44-30-23-34-11-4-5-12-38(34)48(44)43-16-10-15-42-41-14-7-9-18-47(41)53-49(42)43/h4-31H,1-3H3. The smallest absolute Gasteiger partial charge is 0.137 e. The summed E-state index contributed by atoms with van der Waals surface area (Å²) in [5.74, 6) is 0. The van der Waals surface area contributed by atoms with Gasteiger partial charge in [0.1, 0.15) is 11.2 Å². The maximum Gasteiger partial charge on any atom is 0.137 e. The van der Waals surface area contributed by atoms with E-state index in [2.05, 4.69) is 183 Å². The van der Waals surface area contributed by atoms with Crippen LogP contribution in [-0.2, 0) is 5.41 Å². The van der Waals surface area contributed by atoms with E-state index in [-0.39, 0.29) is 5.41 Å². The van der Waals surface area contributed by atoms with Gasteiger partial charge in [-0.15, -0.1) is 11.3 Å². The zero-order valence-electron chi connectivity index (χ0n) is 29.9. The Balaban J connectivity index is 1.21. The maximum absolute atomic E-state index is 6.48. The molecule has 254 valence electrons. The molecule has 0 aliphatic carbocycles. The van der Waals surface area contributed by atoms with Gasteiger partial charge < -0.3 is 9.32 Å². The second-order valence-electron chi connectivity index (χ2n) is 14.9. The highest BCUT2D eigenvalue weighted by atomic mass is 32.1. The number of hydrogen-bond donors (Lipinski definition) is 0. The lowest BCUT2D eigenvalue weighted by Crippen LogP contribution is -2.11. The molecule has 0 bridgehead atoms. The first-order valence-electron chi connectivity index (χ1n) is 18.3. The Hall–Kier alpha value is -6.16. The van der Waals surface area contributed by atoms with E-state index in [0.29, 0.717) is 0 Å². The minimum atomic E-state index is 0.113. The van der Waals surface area contributed by atoms with Gasteiger partial charge in [0.05, 0.1) is 5.69 Å². The molecule has 2 aromatic heterocycles. The molecule has 0 saturated heterocycles. The predicted molar refractivity (Wildman–Crippen MR) is 228 cm³/mol. The third-order valence-electron chi connectivity index (χ3n) is 10.7. The number of rotatable bonds is 5. The van der Waals surface area contributed by atoms with Crippen molar-refractivity contribution in [1.29, 1.82) is 0 Å². The lowest BCUT2D eigenvalue weighted by Gasteiger charge is -2.29. The largest absolute Gasteiger partial charge is 0.456 e. The molecule has 0 atom stereocenters. The minimum absolute atomic E-state index is 0.113. The van der Waals surface area contributed by atoms with E-state index in [1.54, 1.807) is 0 Å². The number of benzene rings is 8. The molecule has 0 radical (unpaired) electrons. The molecular formula is C50H37NOS. The lowest BCUT2D eigenvalue weighted by molar-refractivity contribution is 0.590. The summed E-state index contributed by atoms with van der Waals surface area (Å²) in [4.78, 5) is 2.41. The molecule has 3 heteroatoms. The van der Waals surface area contributed by atoms with Gasteiger partial charge in [0.2, 0.25) is 0 Å². The van der Waals surface area contributed by atoms with Crippen LogP contribution in [0.5, 0.6) is 0 Å².